The predicted octanol–water partition coefficient (Wildman–Crippen LogP) is 9.68. The summed E-state index contributed by atoms with van der Waals surface area (Å²) >= 11 is 0. The molecule has 0 fully saturated rings. The molecule has 2 aliphatic carbocycles. The van der Waals surface area contributed by atoms with Gasteiger partial charge in [0.1, 0.15) is 11.2 Å². The summed E-state index contributed by atoms with van der Waals surface area (Å²) in [4.78, 5) is 0. The average Bonchev–Trinajstić information content (AvgIpc) is 3.60. The monoisotopic (exact) mass is 546 g/mol. The van der Waals surface area contributed by atoms with Crippen molar-refractivity contribution in [1.82, 2.24) is 0 Å². The molecule has 0 radical (unpaired) electrons. The molecule has 0 aliphatic heterocycles. The lowest BCUT2D eigenvalue weighted by molar-refractivity contribution is 0.672. The topological polar surface area (TPSA) is 13.1 Å². The molecule has 2 unspecified atom stereocenters. The van der Waals surface area contributed by atoms with Gasteiger partial charge in [-0.05, 0) is 78.2 Å². The summed E-state index contributed by atoms with van der Waals surface area (Å²) < 4.78 is 6.35. The molecular formula is C42H26O. The van der Waals surface area contributed by atoms with Gasteiger partial charge in [0.2, 0.25) is 0 Å². The Labute approximate surface area is 248 Å². The Balaban J connectivity index is 1.06. The summed E-state index contributed by atoms with van der Waals surface area (Å²) in [5.74, 6) is 0.802. The molecule has 0 saturated carbocycles. The van der Waals surface area contributed by atoms with Crippen LogP contribution in [0, 0.1) is 0 Å². The Bertz CT molecular complexity index is 2520. The van der Waals surface area contributed by atoms with Gasteiger partial charge in [-0.15, -0.1) is 0 Å². The van der Waals surface area contributed by atoms with E-state index in [1.54, 1.807) is 0 Å². The van der Waals surface area contributed by atoms with Crippen LogP contribution in [0.5, 0.6) is 0 Å². The van der Waals surface area contributed by atoms with Gasteiger partial charge in [-0.1, -0.05) is 127 Å². The molecule has 43 heavy (non-hydrogen) atoms. The molecule has 200 valence electrons. The van der Waals surface area contributed by atoms with Gasteiger partial charge in [0.25, 0.3) is 0 Å². The first-order valence-corrected chi connectivity index (χ1v) is 15.1. The van der Waals surface area contributed by atoms with Gasteiger partial charge in [-0.25, -0.2) is 0 Å². The molecule has 1 heteroatoms. The van der Waals surface area contributed by atoms with E-state index in [4.69, 9.17) is 4.42 Å². The Morgan fingerprint density at radius 3 is 1.98 bits per heavy atom. The predicted molar refractivity (Wildman–Crippen MR) is 180 cm³/mol. The van der Waals surface area contributed by atoms with Crippen molar-refractivity contribution >= 4 is 55.6 Å². The third kappa shape index (κ3) is 3.28. The molecule has 1 aromatic heterocycles. The van der Waals surface area contributed by atoms with Gasteiger partial charge in [0.05, 0.1) is 0 Å². The quantitative estimate of drug-likeness (QED) is 0.210. The molecule has 2 aliphatic rings. The fourth-order valence-electron chi connectivity index (χ4n) is 7.77. The summed E-state index contributed by atoms with van der Waals surface area (Å²) in [6.45, 7) is 0. The Hall–Kier alpha value is -5.40. The van der Waals surface area contributed by atoms with Gasteiger partial charge in [0, 0.05) is 28.0 Å². The summed E-state index contributed by atoms with van der Waals surface area (Å²) in [6, 6.07) is 48.8. The molecule has 0 bridgehead atoms. The number of hydrogen-bond donors (Lipinski definition) is 0. The maximum atomic E-state index is 6.35. The van der Waals surface area contributed by atoms with Crippen molar-refractivity contribution in [3.8, 4) is 22.3 Å². The third-order valence-electron chi connectivity index (χ3n) is 9.82. The highest BCUT2D eigenvalue weighted by Crippen LogP contribution is 2.50. The van der Waals surface area contributed by atoms with Crippen molar-refractivity contribution in [3.05, 3.63) is 155 Å². The zero-order valence-electron chi connectivity index (χ0n) is 23.4. The third-order valence-corrected chi connectivity index (χ3v) is 9.82. The van der Waals surface area contributed by atoms with E-state index < -0.39 is 0 Å². The Morgan fingerprint density at radius 2 is 1.14 bits per heavy atom. The van der Waals surface area contributed by atoms with Crippen LogP contribution >= 0.6 is 0 Å². The molecular weight excluding hydrogens is 520 g/mol. The van der Waals surface area contributed by atoms with Crippen molar-refractivity contribution in [3.63, 3.8) is 0 Å². The number of rotatable bonds is 2. The largest absolute Gasteiger partial charge is 0.455 e. The van der Waals surface area contributed by atoms with E-state index in [1.165, 1.54) is 65.4 Å². The molecule has 1 heterocycles. The first-order valence-electron chi connectivity index (χ1n) is 15.1. The highest BCUT2D eigenvalue weighted by molar-refractivity contribution is 6.15. The van der Waals surface area contributed by atoms with Crippen molar-refractivity contribution in [2.75, 3.05) is 0 Å². The molecule has 2 atom stereocenters. The number of benzene rings is 7. The molecule has 0 N–H and O–H groups in total. The molecule has 0 saturated heterocycles. The standard InChI is InChI=1S/C42H26O/c1-2-8-29-23-38-35-20-19-31(33-10-5-11-34(41(33)35)37(38)22-28(29)7-1)27-14-12-25(13-15-27)30-17-21-40-39(24-30)36-18-16-26-6-3-4-9-32(26)42(36)43-40/h1-24,37-38H. The minimum absolute atomic E-state index is 0.401. The lowest BCUT2D eigenvalue weighted by Gasteiger charge is -2.18. The highest BCUT2D eigenvalue weighted by atomic mass is 16.3. The number of hydrogen-bond acceptors (Lipinski definition) is 1. The SMILES string of the molecule is C1=c2ccccc2=CC2c3ccc(-c4ccc(-c5ccc6oc7c8ccccc8ccc7c6c5)cc4)c4cccc(c34)C12. The van der Waals surface area contributed by atoms with E-state index in [0.717, 1.165) is 21.9 Å². The van der Waals surface area contributed by atoms with Crippen LogP contribution in [-0.2, 0) is 0 Å². The van der Waals surface area contributed by atoms with Crippen LogP contribution in [-0.4, -0.2) is 0 Å². The van der Waals surface area contributed by atoms with Crippen molar-refractivity contribution in [2.24, 2.45) is 0 Å². The van der Waals surface area contributed by atoms with Gasteiger partial charge in [0.15, 0.2) is 0 Å². The van der Waals surface area contributed by atoms with E-state index in [0.29, 0.717) is 11.8 Å². The van der Waals surface area contributed by atoms with Crippen LogP contribution in [0.1, 0.15) is 23.0 Å². The second-order valence-corrected chi connectivity index (χ2v) is 12.0. The summed E-state index contributed by atoms with van der Waals surface area (Å²) in [7, 11) is 0. The van der Waals surface area contributed by atoms with E-state index in [1.807, 2.05) is 0 Å². The molecule has 7 aromatic carbocycles. The van der Waals surface area contributed by atoms with Crippen LogP contribution in [0.15, 0.2) is 138 Å². The van der Waals surface area contributed by atoms with Crippen LogP contribution in [0.3, 0.4) is 0 Å². The van der Waals surface area contributed by atoms with Crippen LogP contribution in [0.2, 0.25) is 0 Å². The minimum atomic E-state index is 0.401. The summed E-state index contributed by atoms with van der Waals surface area (Å²) in [5, 5.41) is 10.2. The maximum absolute atomic E-state index is 6.35. The molecule has 8 aromatic rings. The van der Waals surface area contributed by atoms with Crippen LogP contribution < -0.4 is 10.4 Å². The fraction of sp³-hybridized carbons (Fsp3) is 0.0476. The molecule has 0 spiro atoms. The van der Waals surface area contributed by atoms with Crippen molar-refractivity contribution in [2.45, 2.75) is 11.8 Å². The van der Waals surface area contributed by atoms with Crippen LogP contribution in [0.25, 0.3) is 77.9 Å². The van der Waals surface area contributed by atoms with E-state index in [9.17, 15) is 0 Å². The van der Waals surface area contributed by atoms with E-state index >= 15 is 0 Å². The first kappa shape index (κ1) is 23.2. The maximum Gasteiger partial charge on any atom is 0.143 e. The molecule has 10 rings (SSSR count). The summed E-state index contributed by atoms with van der Waals surface area (Å²) in [6.07, 6.45) is 4.96. The second kappa shape index (κ2) is 8.56. The van der Waals surface area contributed by atoms with E-state index in [-0.39, 0.29) is 0 Å². The van der Waals surface area contributed by atoms with Crippen LogP contribution in [0.4, 0.5) is 0 Å². The Kier molecular flexibility index (Phi) is 4.62. The van der Waals surface area contributed by atoms with Gasteiger partial charge >= 0.3 is 0 Å². The van der Waals surface area contributed by atoms with Gasteiger partial charge in [-0.3, -0.25) is 0 Å². The average molecular weight is 547 g/mol. The zero-order valence-corrected chi connectivity index (χ0v) is 23.4. The molecule has 1 nitrogen and oxygen atoms in total. The fourth-order valence-corrected chi connectivity index (χ4v) is 7.77. The lowest BCUT2D eigenvalue weighted by atomic mass is 9.85. The highest BCUT2D eigenvalue weighted by Gasteiger charge is 2.33. The summed E-state index contributed by atoms with van der Waals surface area (Å²) in [5.41, 5.74) is 9.76. The van der Waals surface area contributed by atoms with Crippen molar-refractivity contribution < 1.29 is 4.42 Å². The first-order chi connectivity index (χ1) is 21.3. The van der Waals surface area contributed by atoms with Gasteiger partial charge in [-0.2, -0.15) is 0 Å². The molecule has 0 amide bonds. The smallest absolute Gasteiger partial charge is 0.143 e. The zero-order chi connectivity index (χ0) is 28.1. The normalized spacial score (nSPS) is 16.7. The number of fused-ring (bicyclic) bond motifs is 9. The Morgan fingerprint density at radius 1 is 0.442 bits per heavy atom. The minimum Gasteiger partial charge on any atom is -0.455 e. The second-order valence-electron chi connectivity index (χ2n) is 12.0. The van der Waals surface area contributed by atoms with Crippen molar-refractivity contribution in [1.29, 1.82) is 0 Å². The van der Waals surface area contributed by atoms with E-state index in [2.05, 4.69) is 146 Å². The van der Waals surface area contributed by atoms with Gasteiger partial charge < -0.3 is 4.42 Å². The number of furan rings is 1. The lowest BCUT2D eigenvalue weighted by Crippen LogP contribution is -2.29.